The zero-order chi connectivity index (χ0) is 18.6. The van der Waals surface area contributed by atoms with Crippen LogP contribution in [0.5, 0.6) is 0 Å². The summed E-state index contributed by atoms with van der Waals surface area (Å²) in [6, 6.07) is 12.4. The Balaban J connectivity index is 1.29. The molecule has 2 aromatic heterocycles. The summed E-state index contributed by atoms with van der Waals surface area (Å²) in [5.74, 6) is 0.773. The second-order valence-electron chi connectivity index (χ2n) is 7.15. The third-order valence-electron chi connectivity index (χ3n) is 5.35. The van der Waals surface area contributed by atoms with Gasteiger partial charge in [0.25, 0.3) is 5.56 Å². The number of hydrogen-bond acceptors (Lipinski definition) is 4. The zero-order valence-corrected chi connectivity index (χ0v) is 16.0. The molecule has 0 radical (unpaired) electrons. The topological polar surface area (TPSA) is 55.2 Å². The number of piperidine rings is 1. The average Bonchev–Trinajstić information content (AvgIpc) is 3.18. The Morgan fingerprint density at radius 1 is 1.15 bits per heavy atom. The third kappa shape index (κ3) is 4.11. The first kappa shape index (κ1) is 17.9. The van der Waals surface area contributed by atoms with Crippen LogP contribution < -0.4 is 5.56 Å². The maximum atomic E-state index is 12.6. The monoisotopic (exact) mass is 381 g/mol. The molecule has 0 N–H and O–H groups in total. The largest absolute Gasteiger partial charge is 0.343 e. The van der Waals surface area contributed by atoms with Gasteiger partial charge in [0.15, 0.2) is 0 Å². The molecule has 0 aliphatic carbocycles. The predicted octanol–water partition coefficient (Wildman–Crippen LogP) is 3.33. The summed E-state index contributed by atoms with van der Waals surface area (Å²) in [4.78, 5) is 32.0. The molecular formula is C21H23N3O2S. The second kappa shape index (κ2) is 8.05. The van der Waals surface area contributed by atoms with Crippen molar-refractivity contribution in [3.05, 3.63) is 64.0 Å². The van der Waals surface area contributed by atoms with Crippen LogP contribution in [0.4, 0.5) is 0 Å². The lowest BCUT2D eigenvalue weighted by Crippen LogP contribution is -2.39. The van der Waals surface area contributed by atoms with Gasteiger partial charge in [-0.25, -0.2) is 4.98 Å². The highest BCUT2D eigenvalue weighted by atomic mass is 32.1. The fourth-order valence-corrected chi connectivity index (χ4v) is 4.48. The summed E-state index contributed by atoms with van der Waals surface area (Å²) in [7, 11) is 0. The maximum absolute atomic E-state index is 12.6. The molecule has 140 valence electrons. The number of fused-ring (bicyclic) bond motifs is 1. The number of aromatic nitrogens is 2. The number of carbonyl (C=O) groups excluding carboxylic acids is 1. The van der Waals surface area contributed by atoms with Crippen molar-refractivity contribution < 1.29 is 4.79 Å². The van der Waals surface area contributed by atoms with E-state index in [9.17, 15) is 9.59 Å². The zero-order valence-electron chi connectivity index (χ0n) is 15.2. The van der Waals surface area contributed by atoms with Crippen molar-refractivity contribution in [2.45, 2.75) is 32.2 Å². The smallest absolute Gasteiger partial charge is 0.262 e. The lowest BCUT2D eigenvalue weighted by Gasteiger charge is -2.32. The molecule has 27 heavy (non-hydrogen) atoms. The number of thiophene rings is 1. The van der Waals surface area contributed by atoms with Crippen molar-refractivity contribution in [2.75, 3.05) is 13.1 Å². The molecule has 1 aliphatic heterocycles. The number of likely N-dealkylation sites (tertiary alicyclic amines) is 1. The molecule has 0 saturated carbocycles. The minimum atomic E-state index is -0.0596. The fourth-order valence-electron chi connectivity index (χ4n) is 3.76. The Labute approximate surface area is 162 Å². The summed E-state index contributed by atoms with van der Waals surface area (Å²) in [5.41, 5.74) is 1.31. The van der Waals surface area contributed by atoms with Gasteiger partial charge in [-0.15, -0.1) is 11.3 Å². The van der Waals surface area contributed by atoms with E-state index in [-0.39, 0.29) is 11.5 Å². The van der Waals surface area contributed by atoms with Crippen LogP contribution in [-0.2, 0) is 17.8 Å². The van der Waals surface area contributed by atoms with Crippen LogP contribution >= 0.6 is 11.3 Å². The van der Waals surface area contributed by atoms with Crippen molar-refractivity contribution in [2.24, 2.45) is 5.92 Å². The molecule has 6 heteroatoms. The van der Waals surface area contributed by atoms with Crippen LogP contribution in [0.25, 0.3) is 10.2 Å². The van der Waals surface area contributed by atoms with E-state index < -0.39 is 0 Å². The quantitative estimate of drug-likeness (QED) is 0.681. The van der Waals surface area contributed by atoms with Gasteiger partial charge < -0.3 is 4.90 Å². The number of aryl methyl sites for hydroxylation is 1. The van der Waals surface area contributed by atoms with Gasteiger partial charge in [0, 0.05) is 26.1 Å². The maximum Gasteiger partial charge on any atom is 0.262 e. The Bertz CT molecular complexity index is 972. The van der Waals surface area contributed by atoms with Crippen molar-refractivity contribution in [3.63, 3.8) is 0 Å². The number of carbonyl (C=O) groups is 1. The normalized spacial score (nSPS) is 15.3. The molecule has 4 rings (SSSR count). The van der Waals surface area contributed by atoms with E-state index in [0.717, 1.165) is 37.2 Å². The number of rotatable bonds is 5. The van der Waals surface area contributed by atoms with Crippen molar-refractivity contribution >= 4 is 27.5 Å². The molecule has 5 nitrogen and oxygen atoms in total. The Morgan fingerprint density at radius 3 is 2.70 bits per heavy atom. The van der Waals surface area contributed by atoms with E-state index in [0.29, 0.717) is 24.3 Å². The highest BCUT2D eigenvalue weighted by Gasteiger charge is 2.22. The van der Waals surface area contributed by atoms with E-state index >= 15 is 0 Å². The summed E-state index contributed by atoms with van der Waals surface area (Å²) in [6.45, 7) is 2.01. The summed E-state index contributed by atoms with van der Waals surface area (Å²) < 4.78 is 1.55. The van der Waals surface area contributed by atoms with Gasteiger partial charge in [0.05, 0.1) is 11.7 Å². The Hall–Kier alpha value is -2.47. The molecule has 1 aromatic carbocycles. The van der Waals surface area contributed by atoms with Gasteiger partial charge in [0.2, 0.25) is 5.91 Å². The van der Waals surface area contributed by atoms with Crippen LogP contribution in [0.15, 0.2) is 52.9 Å². The van der Waals surface area contributed by atoms with E-state index in [1.807, 2.05) is 16.3 Å². The number of amides is 1. The fraction of sp³-hybridized carbons (Fsp3) is 0.381. The molecule has 3 heterocycles. The Morgan fingerprint density at radius 2 is 1.93 bits per heavy atom. The van der Waals surface area contributed by atoms with Crippen LogP contribution in [-0.4, -0.2) is 33.4 Å². The van der Waals surface area contributed by atoms with E-state index in [1.165, 1.54) is 16.9 Å². The lowest BCUT2D eigenvalue weighted by molar-refractivity contribution is -0.132. The molecule has 1 fully saturated rings. The SMILES string of the molecule is O=C(CCn1cnc2sccc2c1=O)N1CCC(Cc2ccccc2)CC1. The van der Waals surface area contributed by atoms with E-state index in [2.05, 4.69) is 29.2 Å². The number of hydrogen-bond donors (Lipinski definition) is 0. The first-order valence-corrected chi connectivity index (χ1v) is 10.3. The van der Waals surface area contributed by atoms with Crippen molar-refractivity contribution in [3.8, 4) is 0 Å². The Kier molecular flexibility index (Phi) is 5.34. The van der Waals surface area contributed by atoms with Crippen molar-refractivity contribution in [1.29, 1.82) is 0 Å². The van der Waals surface area contributed by atoms with Gasteiger partial charge in [0.1, 0.15) is 4.83 Å². The van der Waals surface area contributed by atoms with Crippen LogP contribution in [0.3, 0.4) is 0 Å². The number of nitrogens with zero attached hydrogens (tertiary/aromatic N) is 3. The predicted molar refractivity (Wildman–Crippen MR) is 108 cm³/mol. The summed E-state index contributed by atoms with van der Waals surface area (Å²) in [5, 5.41) is 2.51. The second-order valence-corrected chi connectivity index (χ2v) is 8.04. The molecule has 1 aliphatic rings. The molecule has 1 saturated heterocycles. The highest BCUT2D eigenvalue weighted by Crippen LogP contribution is 2.22. The lowest BCUT2D eigenvalue weighted by atomic mass is 9.90. The molecule has 0 spiro atoms. The van der Waals surface area contributed by atoms with Gasteiger partial charge in [-0.1, -0.05) is 30.3 Å². The highest BCUT2D eigenvalue weighted by molar-refractivity contribution is 7.16. The standard InChI is InChI=1S/C21H23N3O2S/c25-19(8-12-24-15-22-20-18(21(24)26)9-13-27-20)23-10-6-17(7-11-23)14-16-4-2-1-3-5-16/h1-5,9,13,15,17H,6-8,10-12,14H2. The molecule has 1 amide bonds. The first-order valence-electron chi connectivity index (χ1n) is 9.45. The molecule has 0 bridgehead atoms. The summed E-state index contributed by atoms with van der Waals surface area (Å²) in [6.07, 6.45) is 5.08. The van der Waals surface area contributed by atoms with Gasteiger partial charge >= 0.3 is 0 Å². The minimum Gasteiger partial charge on any atom is -0.343 e. The minimum absolute atomic E-state index is 0.0596. The average molecular weight is 382 g/mol. The molecule has 0 atom stereocenters. The third-order valence-corrected chi connectivity index (χ3v) is 6.17. The van der Waals surface area contributed by atoms with Crippen LogP contribution in [0.2, 0.25) is 0 Å². The number of benzene rings is 1. The van der Waals surface area contributed by atoms with E-state index in [4.69, 9.17) is 0 Å². The van der Waals surface area contributed by atoms with Gasteiger partial charge in [-0.05, 0) is 42.2 Å². The molecule has 0 unspecified atom stereocenters. The van der Waals surface area contributed by atoms with Gasteiger partial charge in [-0.3, -0.25) is 14.2 Å². The first-order chi connectivity index (χ1) is 13.2. The van der Waals surface area contributed by atoms with Crippen LogP contribution in [0.1, 0.15) is 24.8 Å². The van der Waals surface area contributed by atoms with Gasteiger partial charge in [-0.2, -0.15) is 0 Å². The van der Waals surface area contributed by atoms with Crippen LogP contribution in [0, 0.1) is 5.92 Å². The van der Waals surface area contributed by atoms with E-state index in [1.54, 1.807) is 17.0 Å². The molecule has 3 aromatic rings. The summed E-state index contributed by atoms with van der Waals surface area (Å²) >= 11 is 1.46. The molecular weight excluding hydrogens is 358 g/mol. The van der Waals surface area contributed by atoms with Crippen molar-refractivity contribution in [1.82, 2.24) is 14.5 Å².